The second-order valence-electron chi connectivity index (χ2n) is 6.30. The molecule has 150 valence electrons. The van der Waals surface area contributed by atoms with Gasteiger partial charge in [-0.1, -0.05) is 49.1 Å². The summed E-state index contributed by atoms with van der Waals surface area (Å²) in [6.45, 7) is 7.14. The van der Waals surface area contributed by atoms with Gasteiger partial charge < -0.3 is 9.55 Å². The monoisotopic (exact) mass is 460 g/mol. The van der Waals surface area contributed by atoms with Gasteiger partial charge in [-0.05, 0) is 41.2 Å². The number of hydrogen-bond acceptors (Lipinski definition) is 5. The first-order chi connectivity index (χ1) is 14.4. The van der Waals surface area contributed by atoms with Crippen LogP contribution in [0.2, 0.25) is 0 Å². The summed E-state index contributed by atoms with van der Waals surface area (Å²) in [7, 11) is -4.68. The fourth-order valence-electron chi connectivity index (χ4n) is 2.64. The Morgan fingerprint density at radius 1 is 0.906 bits per heavy atom. The normalized spacial score (nSPS) is 11.0. The van der Waals surface area contributed by atoms with Crippen molar-refractivity contribution in [2.45, 2.75) is 4.90 Å². The maximum Gasteiger partial charge on any atom is 1.00 e. The van der Waals surface area contributed by atoms with Crippen LogP contribution < -0.4 is 59.1 Å². The summed E-state index contributed by atoms with van der Waals surface area (Å²) in [5.74, 6) is 0. The van der Waals surface area contributed by atoms with E-state index in [2.05, 4.69) is 29.3 Å². The van der Waals surface area contributed by atoms with Crippen LogP contribution in [0, 0.1) is 6.07 Å². The van der Waals surface area contributed by atoms with Crippen molar-refractivity contribution in [3.8, 4) is 0 Å². The van der Waals surface area contributed by atoms with Crippen molar-refractivity contribution >= 4 is 52.7 Å². The maximum atomic E-state index is 11.8. The fourth-order valence-corrected chi connectivity index (χ4v) is 3.32. The predicted octanol–water partition coefficient (Wildman–Crippen LogP) is -0.705. The zero-order valence-corrected chi connectivity index (χ0v) is 22.8. The molecule has 8 heteroatoms. The van der Waals surface area contributed by atoms with Gasteiger partial charge in [0.25, 0.3) is 0 Å². The molecule has 0 unspecified atom stereocenters. The molecule has 0 spiro atoms. The first-order valence-corrected chi connectivity index (χ1v) is 10.3. The Hall–Kier alpha value is -1.61. The van der Waals surface area contributed by atoms with Crippen LogP contribution >= 0.6 is 0 Å². The van der Waals surface area contributed by atoms with E-state index in [0.29, 0.717) is 16.9 Å². The SMILES string of the molecule is C=Cc1ccc(C=Nc2ccc(/C=C/c3[c-]cc(N=C)cc3)c(S(=O)(=O)[O-])c2)cc1.[Na+].[Na+]. The van der Waals surface area contributed by atoms with Gasteiger partial charge in [0, 0.05) is 6.21 Å². The summed E-state index contributed by atoms with van der Waals surface area (Å²) < 4.78 is 35.3. The standard InChI is InChI=1S/C24H19N2O3S.2Na/c1-3-18-4-6-20(7-5-18)17-26-23-15-12-21(24(16-23)30(27,28)29)11-8-19-9-13-22(25-2)14-10-19;;/h3-9,11-17H,1-2H2,(H,27,28,29);;/q-1;2*+1/p-1/b11-8+,26-17?;;. The van der Waals surface area contributed by atoms with Crippen molar-refractivity contribution in [3.05, 3.63) is 95.6 Å². The zero-order valence-electron chi connectivity index (χ0n) is 18.0. The van der Waals surface area contributed by atoms with Crippen LogP contribution in [0.1, 0.15) is 22.3 Å². The minimum atomic E-state index is -4.68. The molecule has 5 nitrogen and oxygen atoms in total. The van der Waals surface area contributed by atoms with Gasteiger partial charge in [-0.25, -0.2) is 8.42 Å². The number of nitrogens with zero attached hydrogens (tertiary/aromatic N) is 2. The van der Waals surface area contributed by atoms with E-state index in [0.717, 1.165) is 11.1 Å². The van der Waals surface area contributed by atoms with E-state index in [1.165, 1.54) is 6.07 Å². The molecule has 0 bridgehead atoms. The van der Waals surface area contributed by atoms with Crippen LogP contribution in [0.3, 0.4) is 0 Å². The van der Waals surface area contributed by atoms with Gasteiger partial charge >= 0.3 is 59.1 Å². The molecule has 0 saturated carbocycles. The fraction of sp³-hybridized carbons (Fsp3) is 0. The Morgan fingerprint density at radius 3 is 2.12 bits per heavy atom. The second kappa shape index (κ2) is 13.2. The van der Waals surface area contributed by atoms with E-state index in [1.54, 1.807) is 54.8 Å². The van der Waals surface area contributed by atoms with E-state index < -0.39 is 10.1 Å². The molecule has 3 aromatic rings. The molecule has 0 aliphatic heterocycles. The van der Waals surface area contributed by atoms with Gasteiger partial charge in [-0.2, -0.15) is 5.56 Å². The third-order valence-electron chi connectivity index (χ3n) is 4.25. The summed E-state index contributed by atoms with van der Waals surface area (Å²) in [5.41, 5.74) is 3.85. The van der Waals surface area contributed by atoms with E-state index in [9.17, 15) is 13.0 Å². The molecule has 0 aliphatic rings. The molecule has 3 aromatic carbocycles. The van der Waals surface area contributed by atoms with Gasteiger partial charge in [0.15, 0.2) is 0 Å². The Labute approximate surface area is 233 Å². The first kappa shape index (κ1) is 28.4. The molecule has 0 aliphatic carbocycles. The molecule has 0 aromatic heterocycles. The Kier molecular flexibility index (Phi) is 11.7. The molecule has 0 heterocycles. The summed E-state index contributed by atoms with van der Waals surface area (Å²) in [5, 5.41) is 0. The second-order valence-corrected chi connectivity index (χ2v) is 7.65. The van der Waals surface area contributed by atoms with Crippen LogP contribution in [-0.4, -0.2) is 25.9 Å². The molecule has 0 atom stereocenters. The average molecular weight is 460 g/mol. The van der Waals surface area contributed by atoms with Crippen LogP contribution in [-0.2, 0) is 10.1 Å². The van der Waals surface area contributed by atoms with Crippen molar-refractivity contribution in [1.82, 2.24) is 0 Å². The van der Waals surface area contributed by atoms with Crippen molar-refractivity contribution < 1.29 is 72.1 Å². The smallest absolute Gasteiger partial charge is 0.744 e. The number of benzene rings is 3. The van der Waals surface area contributed by atoms with Gasteiger partial charge in [0.1, 0.15) is 10.1 Å². The van der Waals surface area contributed by atoms with Crippen molar-refractivity contribution in [1.29, 1.82) is 0 Å². The Balaban J connectivity index is 0.00000256. The van der Waals surface area contributed by atoms with Crippen molar-refractivity contribution in [2.75, 3.05) is 0 Å². The van der Waals surface area contributed by atoms with Gasteiger partial charge in [0.05, 0.1) is 10.6 Å². The topological polar surface area (TPSA) is 81.9 Å². The van der Waals surface area contributed by atoms with Crippen LogP contribution in [0.4, 0.5) is 11.4 Å². The van der Waals surface area contributed by atoms with Gasteiger partial charge in [-0.3, -0.25) is 4.99 Å². The zero-order chi connectivity index (χ0) is 21.6. The first-order valence-electron chi connectivity index (χ1n) is 8.92. The molecule has 0 N–H and O–H groups in total. The third kappa shape index (κ3) is 8.06. The maximum absolute atomic E-state index is 11.8. The van der Waals surface area contributed by atoms with Gasteiger partial charge in [-0.15, -0.1) is 30.3 Å². The molecule has 0 fully saturated rings. The molecular formula is C24H18N2Na2O3S. The molecular weight excluding hydrogens is 442 g/mol. The minimum absolute atomic E-state index is 0. The van der Waals surface area contributed by atoms with Gasteiger partial charge in [0.2, 0.25) is 0 Å². The minimum Gasteiger partial charge on any atom is -0.744 e. The van der Waals surface area contributed by atoms with E-state index >= 15 is 0 Å². The molecule has 0 saturated heterocycles. The number of hydrogen-bond donors (Lipinski definition) is 0. The summed E-state index contributed by atoms with van der Waals surface area (Å²) in [4.78, 5) is 7.74. The predicted molar refractivity (Wildman–Crippen MR) is 122 cm³/mol. The largest absolute Gasteiger partial charge is 1.00 e. The molecule has 3 rings (SSSR count). The summed E-state index contributed by atoms with van der Waals surface area (Å²) >= 11 is 0. The Morgan fingerprint density at radius 2 is 1.56 bits per heavy atom. The van der Waals surface area contributed by atoms with E-state index in [1.807, 2.05) is 24.3 Å². The number of rotatable bonds is 7. The average Bonchev–Trinajstić information content (AvgIpc) is 2.76. The Bertz CT molecular complexity index is 1240. The van der Waals surface area contributed by atoms with Crippen LogP contribution in [0.5, 0.6) is 0 Å². The number of aliphatic imine (C=N–C) groups is 2. The molecule has 0 amide bonds. The van der Waals surface area contributed by atoms with Crippen molar-refractivity contribution in [3.63, 3.8) is 0 Å². The van der Waals surface area contributed by atoms with Crippen LogP contribution in [0.25, 0.3) is 18.2 Å². The molecule has 0 radical (unpaired) electrons. The van der Waals surface area contributed by atoms with E-state index in [-0.39, 0.29) is 69.6 Å². The summed E-state index contributed by atoms with van der Waals surface area (Å²) in [6, 6.07) is 20.2. The summed E-state index contributed by atoms with van der Waals surface area (Å²) in [6.07, 6.45) is 6.56. The third-order valence-corrected chi connectivity index (χ3v) is 5.14. The molecule has 32 heavy (non-hydrogen) atoms. The quantitative estimate of drug-likeness (QED) is 0.154. The van der Waals surface area contributed by atoms with Crippen LogP contribution in [0.15, 0.2) is 82.1 Å². The van der Waals surface area contributed by atoms with Crippen molar-refractivity contribution in [2.24, 2.45) is 9.98 Å². The van der Waals surface area contributed by atoms with E-state index in [4.69, 9.17) is 0 Å².